The monoisotopic (exact) mass is 279 g/mol. The Bertz CT molecular complexity index is 332. The molecule has 0 fully saturated rings. The largest absolute Gasteiger partial charge is 0.324 e. The molecule has 1 aromatic carbocycles. The van der Waals surface area contributed by atoms with Crippen molar-refractivity contribution in [2.45, 2.75) is 0 Å². The normalized spacial score (nSPS) is 9.77. The lowest BCUT2D eigenvalue weighted by Gasteiger charge is -2.05. The van der Waals surface area contributed by atoms with Crippen LogP contribution in [-0.4, -0.2) is 11.7 Å². The van der Waals surface area contributed by atoms with Gasteiger partial charge in [-0.05, 0) is 34.1 Å². The first-order valence-corrected chi connectivity index (χ1v) is 5.29. The second-order valence-corrected chi connectivity index (χ2v) is 3.94. The smallest absolute Gasteiger partial charge is 0.234 e. The highest BCUT2D eigenvalue weighted by molar-refractivity contribution is 9.10. The summed E-state index contributed by atoms with van der Waals surface area (Å²) >= 11 is 12.9. The molecule has 0 bridgehead atoms. The van der Waals surface area contributed by atoms with Crippen molar-refractivity contribution in [3.63, 3.8) is 0 Å². The Kier molecular flexibility index (Phi) is 4.09. The van der Waals surface area contributed by atoms with Gasteiger partial charge in [0.05, 0.1) is 11.4 Å². The van der Waals surface area contributed by atoms with Gasteiger partial charge in [0.1, 0.15) is 0 Å². The molecule has 0 saturated heterocycles. The standard InChI is InChI=1S/C8H7BrClNOS/c9-6-2-1-5(10)3-7(6)11-8(12)4-13/h1-3,13H,4H2,(H,11,12). The molecule has 2 nitrogen and oxygen atoms in total. The van der Waals surface area contributed by atoms with Gasteiger partial charge in [0.15, 0.2) is 0 Å². The molecule has 0 aliphatic carbocycles. The van der Waals surface area contributed by atoms with Crippen molar-refractivity contribution in [1.82, 2.24) is 0 Å². The van der Waals surface area contributed by atoms with E-state index in [9.17, 15) is 4.79 Å². The van der Waals surface area contributed by atoms with Crippen LogP contribution in [0.15, 0.2) is 22.7 Å². The summed E-state index contributed by atoms with van der Waals surface area (Å²) in [6, 6.07) is 5.19. The van der Waals surface area contributed by atoms with E-state index in [4.69, 9.17) is 11.6 Å². The molecule has 0 unspecified atom stereocenters. The maximum Gasteiger partial charge on any atom is 0.234 e. The first kappa shape index (κ1) is 10.9. The third kappa shape index (κ3) is 3.21. The van der Waals surface area contributed by atoms with Gasteiger partial charge in [-0.1, -0.05) is 11.6 Å². The Morgan fingerprint density at radius 2 is 2.31 bits per heavy atom. The van der Waals surface area contributed by atoms with Gasteiger partial charge in [-0.25, -0.2) is 0 Å². The summed E-state index contributed by atoms with van der Waals surface area (Å²) in [6.07, 6.45) is 0. The summed E-state index contributed by atoms with van der Waals surface area (Å²) in [5.41, 5.74) is 0.659. The number of hydrogen-bond donors (Lipinski definition) is 2. The molecule has 0 radical (unpaired) electrons. The zero-order valence-electron chi connectivity index (χ0n) is 6.55. The van der Waals surface area contributed by atoms with E-state index in [0.717, 1.165) is 4.47 Å². The highest BCUT2D eigenvalue weighted by Crippen LogP contribution is 2.25. The summed E-state index contributed by atoms with van der Waals surface area (Å²) < 4.78 is 0.798. The molecule has 1 aromatic rings. The third-order valence-corrected chi connectivity index (χ3v) is 2.56. The molecule has 0 aliphatic heterocycles. The lowest BCUT2D eigenvalue weighted by atomic mass is 10.3. The van der Waals surface area contributed by atoms with Gasteiger partial charge >= 0.3 is 0 Å². The molecular formula is C8H7BrClNOS. The van der Waals surface area contributed by atoms with Gasteiger partial charge in [-0.2, -0.15) is 12.6 Å². The zero-order chi connectivity index (χ0) is 9.84. The number of carbonyl (C=O) groups excluding carboxylic acids is 1. The van der Waals surface area contributed by atoms with Crippen molar-refractivity contribution < 1.29 is 4.79 Å². The van der Waals surface area contributed by atoms with Gasteiger partial charge in [0, 0.05) is 9.50 Å². The number of nitrogens with one attached hydrogen (secondary N) is 1. The van der Waals surface area contributed by atoms with Crippen LogP contribution in [0.5, 0.6) is 0 Å². The number of benzene rings is 1. The molecule has 0 atom stereocenters. The summed E-state index contributed by atoms with van der Waals surface area (Å²) in [5.74, 6) is -0.00909. The fourth-order valence-electron chi connectivity index (χ4n) is 0.783. The second kappa shape index (κ2) is 4.88. The van der Waals surface area contributed by atoms with Gasteiger partial charge in [0.25, 0.3) is 0 Å². The Morgan fingerprint density at radius 1 is 1.62 bits per heavy atom. The van der Waals surface area contributed by atoms with Gasteiger partial charge < -0.3 is 5.32 Å². The molecule has 13 heavy (non-hydrogen) atoms. The Labute approximate surface area is 95.2 Å². The summed E-state index contributed by atoms with van der Waals surface area (Å²) in [7, 11) is 0. The average molecular weight is 281 g/mol. The minimum absolute atomic E-state index is 0.152. The van der Waals surface area contributed by atoms with Crippen LogP contribution >= 0.6 is 40.2 Å². The van der Waals surface area contributed by atoms with Crippen LogP contribution < -0.4 is 5.32 Å². The fourth-order valence-corrected chi connectivity index (χ4v) is 1.38. The van der Waals surface area contributed by atoms with Crippen LogP contribution in [0.4, 0.5) is 5.69 Å². The molecular weight excluding hydrogens is 274 g/mol. The van der Waals surface area contributed by atoms with Crippen molar-refractivity contribution in [3.05, 3.63) is 27.7 Å². The van der Waals surface area contributed by atoms with E-state index in [0.29, 0.717) is 10.7 Å². The third-order valence-electron chi connectivity index (χ3n) is 1.35. The van der Waals surface area contributed by atoms with E-state index < -0.39 is 0 Å². The molecule has 0 spiro atoms. The van der Waals surface area contributed by atoms with Crippen molar-refractivity contribution in [2.24, 2.45) is 0 Å². The van der Waals surface area contributed by atoms with Gasteiger partial charge in [-0.3, -0.25) is 4.79 Å². The number of hydrogen-bond acceptors (Lipinski definition) is 2. The van der Waals surface area contributed by atoms with Gasteiger partial charge in [-0.15, -0.1) is 0 Å². The number of thiol groups is 1. The minimum atomic E-state index is -0.161. The van der Waals surface area contributed by atoms with Crippen molar-refractivity contribution >= 4 is 51.8 Å². The lowest BCUT2D eigenvalue weighted by molar-refractivity contribution is -0.113. The average Bonchev–Trinajstić information content (AvgIpc) is 2.11. The predicted molar refractivity (Wildman–Crippen MR) is 61.6 cm³/mol. The molecule has 5 heteroatoms. The molecule has 0 heterocycles. The van der Waals surface area contributed by atoms with E-state index in [2.05, 4.69) is 33.9 Å². The molecule has 0 saturated carbocycles. The zero-order valence-corrected chi connectivity index (χ0v) is 9.79. The van der Waals surface area contributed by atoms with Crippen LogP contribution in [0.2, 0.25) is 5.02 Å². The highest BCUT2D eigenvalue weighted by Gasteiger charge is 2.03. The summed E-state index contributed by atoms with van der Waals surface area (Å²) in [6.45, 7) is 0. The van der Waals surface area contributed by atoms with Crippen molar-refractivity contribution in [1.29, 1.82) is 0 Å². The first-order chi connectivity index (χ1) is 6.13. The van der Waals surface area contributed by atoms with E-state index in [1.54, 1.807) is 18.2 Å². The minimum Gasteiger partial charge on any atom is -0.324 e. The number of halogens is 2. The Hall–Kier alpha value is -0.190. The Morgan fingerprint density at radius 3 is 2.92 bits per heavy atom. The number of anilines is 1. The van der Waals surface area contributed by atoms with Crippen LogP contribution in [0.3, 0.4) is 0 Å². The van der Waals surface area contributed by atoms with Crippen LogP contribution in [-0.2, 0) is 4.79 Å². The van der Waals surface area contributed by atoms with Crippen LogP contribution in [0, 0.1) is 0 Å². The van der Waals surface area contributed by atoms with Crippen LogP contribution in [0.1, 0.15) is 0 Å². The molecule has 1 rings (SSSR count). The number of rotatable bonds is 2. The van der Waals surface area contributed by atoms with E-state index in [1.165, 1.54) is 0 Å². The van der Waals surface area contributed by atoms with E-state index in [1.807, 2.05) is 0 Å². The second-order valence-electron chi connectivity index (χ2n) is 2.33. The summed E-state index contributed by atoms with van der Waals surface area (Å²) in [4.78, 5) is 11.0. The number of amides is 1. The van der Waals surface area contributed by atoms with Crippen molar-refractivity contribution in [2.75, 3.05) is 11.1 Å². The molecule has 1 N–H and O–H groups in total. The maximum atomic E-state index is 11.0. The molecule has 0 aromatic heterocycles. The molecule has 0 aliphatic rings. The van der Waals surface area contributed by atoms with Gasteiger partial charge in [0.2, 0.25) is 5.91 Å². The van der Waals surface area contributed by atoms with Crippen LogP contribution in [0.25, 0.3) is 0 Å². The molecule has 70 valence electrons. The lowest BCUT2D eigenvalue weighted by Crippen LogP contribution is -2.12. The van der Waals surface area contributed by atoms with Crippen molar-refractivity contribution in [3.8, 4) is 0 Å². The number of carbonyl (C=O) groups is 1. The highest BCUT2D eigenvalue weighted by atomic mass is 79.9. The van der Waals surface area contributed by atoms with E-state index in [-0.39, 0.29) is 11.7 Å². The molecule has 1 amide bonds. The fraction of sp³-hybridized carbons (Fsp3) is 0.125. The topological polar surface area (TPSA) is 29.1 Å². The first-order valence-electron chi connectivity index (χ1n) is 3.49. The SMILES string of the molecule is O=C(CS)Nc1cc(Cl)ccc1Br. The quantitative estimate of drug-likeness (QED) is 0.801. The van der Waals surface area contributed by atoms with E-state index >= 15 is 0 Å². The predicted octanol–water partition coefficient (Wildman–Crippen LogP) is 2.97. The Balaban J connectivity index is 2.87. The maximum absolute atomic E-state index is 11.0. The summed E-state index contributed by atoms with van der Waals surface area (Å²) in [5, 5.41) is 3.24.